The molecule has 0 bridgehead atoms. The van der Waals surface area contributed by atoms with Crippen LogP contribution >= 0.6 is 0 Å². The van der Waals surface area contributed by atoms with E-state index < -0.39 is 6.23 Å². The lowest BCUT2D eigenvalue weighted by Gasteiger charge is -2.31. The number of likely N-dealkylation sites (tertiary alicyclic amines) is 1. The summed E-state index contributed by atoms with van der Waals surface area (Å²) >= 11 is 0. The van der Waals surface area contributed by atoms with Gasteiger partial charge in [0.25, 0.3) is 0 Å². The van der Waals surface area contributed by atoms with E-state index >= 15 is 0 Å². The second kappa shape index (κ2) is 7.49. The average molecular weight is 367 g/mol. The number of aliphatic hydroxyl groups is 1. The molecule has 1 aromatic rings. The molecule has 4 rings (SSSR count). The maximum absolute atomic E-state index is 12.0. The first kappa shape index (κ1) is 18.3. The van der Waals surface area contributed by atoms with Crippen molar-refractivity contribution in [1.82, 2.24) is 9.80 Å². The van der Waals surface area contributed by atoms with Gasteiger partial charge in [0.15, 0.2) is 0 Å². The molecule has 1 atom stereocenters. The van der Waals surface area contributed by atoms with E-state index in [9.17, 15) is 9.90 Å². The fraction of sp³-hybridized carbons (Fsp3) is 0.500. The van der Waals surface area contributed by atoms with Crippen molar-refractivity contribution in [1.29, 1.82) is 0 Å². The van der Waals surface area contributed by atoms with Gasteiger partial charge in [0.05, 0.1) is 0 Å². The summed E-state index contributed by atoms with van der Waals surface area (Å²) in [7, 11) is 1.90. The van der Waals surface area contributed by atoms with Crippen LogP contribution in [0.4, 0.5) is 5.69 Å². The topological polar surface area (TPSA) is 55.8 Å². The van der Waals surface area contributed by atoms with Crippen LogP contribution in [0.25, 0.3) is 5.57 Å². The Kier molecular flexibility index (Phi) is 5.06. The summed E-state index contributed by atoms with van der Waals surface area (Å²) in [4.78, 5) is 16.3. The predicted molar refractivity (Wildman–Crippen MR) is 108 cm³/mol. The molecule has 1 saturated heterocycles. The molecule has 27 heavy (non-hydrogen) atoms. The number of carbonyl (C=O) groups excluding carboxylic acids is 1. The minimum absolute atomic E-state index is 0.116. The monoisotopic (exact) mass is 367 g/mol. The molecule has 0 aromatic heterocycles. The number of aliphatic hydroxyl groups excluding tert-OH is 1. The summed E-state index contributed by atoms with van der Waals surface area (Å²) in [5.41, 5.74) is 6.66. The highest BCUT2D eigenvalue weighted by molar-refractivity contribution is 5.95. The summed E-state index contributed by atoms with van der Waals surface area (Å²) in [5, 5.41) is 13.3. The van der Waals surface area contributed by atoms with Crippen LogP contribution in [0, 0.1) is 0 Å². The third-order valence-corrected chi connectivity index (χ3v) is 5.88. The molecule has 1 aromatic carbocycles. The maximum Gasteiger partial charge on any atom is 0.224 e. The van der Waals surface area contributed by atoms with Crippen LogP contribution in [-0.2, 0) is 17.8 Å². The number of nitrogens with zero attached hydrogens (tertiary/aromatic N) is 2. The second-order valence-corrected chi connectivity index (χ2v) is 8.07. The van der Waals surface area contributed by atoms with Crippen LogP contribution in [0.5, 0.6) is 0 Å². The zero-order chi connectivity index (χ0) is 19.0. The Morgan fingerprint density at radius 1 is 1.19 bits per heavy atom. The zero-order valence-electron chi connectivity index (χ0n) is 16.3. The Morgan fingerprint density at radius 2 is 1.96 bits per heavy atom. The van der Waals surface area contributed by atoms with Crippen LogP contribution < -0.4 is 5.32 Å². The third kappa shape index (κ3) is 3.80. The third-order valence-electron chi connectivity index (χ3n) is 5.88. The molecule has 3 heterocycles. The first-order chi connectivity index (χ1) is 13.0. The van der Waals surface area contributed by atoms with Crippen molar-refractivity contribution in [2.24, 2.45) is 0 Å². The number of hydrogen-bond donors (Lipinski definition) is 2. The molecule has 1 fully saturated rings. The van der Waals surface area contributed by atoms with Gasteiger partial charge in [0.2, 0.25) is 5.91 Å². The van der Waals surface area contributed by atoms with E-state index in [1.807, 2.05) is 25.1 Å². The number of anilines is 1. The molecular weight excluding hydrogens is 338 g/mol. The van der Waals surface area contributed by atoms with E-state index in [2.05, 4.69) is 28.4 Å². The largest absolute Gasteiger partial charge is 0.370 e. The number of carbonyl (C=O) groups is 1. The number of aryl methyl sites for hydroxylation is 1. The van der Waals surface area contributed by atoms with Crippen molar-refractivity contribution in [3.05, 3.63) is 46.7 Å². The molecule has 0 radical (unpaired) electrons. The summed E-state index contributed by atoms with van der Waals surface area (Å²) in [6, 6.07) is 4.43. The van der Waals surface area contributed by atoms with Gasteiger partial charge >= 0.3 is 0 Å². The summed E-state index contributed by atoms with van der Waals surface area (Å²) < 4.78 is 0. The maximum atomic E-state index is 12.0. The Balaban J connectivity index is 1.72. The lowest BCUT2D eigenvalue weighted by molar-refractivity contribution is -0.116. The molecule has 1 amide bonds. The Labute approximate surface area is 161 Å². The SMILES string of the molecule is CC1=CC(c2cc3c(c(CN4CCCCC4)c2)NC(=O)CC3)=CN(C)C1O. The van der Waals surface area contributed by atoms with Crippen molar-refractivity contribution < 1.29 is 9.90 Å². The van der Waals surface area contributed by atoms with Crippen molar-refractivity contribution in [2.75, 3.05) is 25.5 Å². The lowest BCUT2D eigenvalue weighted by Crippen LogP contribution is -2.31. The summed E-state index contributed by atoms with van der Waals surface area (Å²) in [6.45, 7) is 5.10. The van der Waals surface area contributed by atoms with Crippen LogP contribution in [-0.4, -0.2) is 47.2 Å². The minimum Gasteiger partial charge on any atom is -0.370 e. The van der Waals surface area contributed by atoms with Gasteiger partial charge in [-0.25, -0.2) is 0 Å². The highest BCUT2D eigenvalue weighted by Crippen LogP contribution is 2.34. The molecule has 3 aliphatic heterocycles. The van der Waals surface area contributed by atoms with Gasteiger partial charge in [0, 0.05) is 31.9 Å². The molecule has 0 spiro atoms. The van der Waals surface area contributed by atoms with Gasteiger partial charge < -0.3 is 15.3 Å². The lowest BCUT2D eigenvalue weighted by atomic mass is 9.91. The molecule has 1 unspecified atom stereocenters. The average Bonchev–Trinajstić information content (AvgIpc) is 2.66. The summed E-state index contributed by atoms with van der Waals surface area (Å²) in [6.07, 6.45) is 8.68. The number of benzene rings is 1. The molecule has 5 nitrogen and oxygen atoms in total. The quantitative estimate of drug-likeness (QED) is 0.862. The van der Waals surface area contributed by atoms with Crippen LogP contribution in [0.15, 0.2) is 30.0 Å². The summed E-state index contributed by atoms with van der Waals surface area (Å²) in [5.74, 6) is 0.116. The molecule has 0 aliphatic carbocycles. The van der Waals surface area contributed by atoms with E-state index in [1.165, 1.54) is 30.4 Å². The van der Waals surface area contributed by atoms with E-state index in [4.69, 9.17) is 0 Å². The van der Waals surface area contributed by atoms with Crippen molar-refractivity contribution >= 4 is 17.2 Å². The highest BCUT2D eigenvalue weighted by atomic mass is 16.3. The number of likely N-dealkylation sites (N-methyl/N-ethyl adjacent to an activating group) is 1. The number of piperidine rings is 1. The van der Waals surface area contributed by atoms with E-state index in [0.717, 1.165) is 48.5 Å². The van der Waals surface area contributed by atoms with Gasteiger partial charge in [-0.1, -0.05) is 6.42 Å². The molecule has 5 heteroatoms. The van der Waals surface area contributed by atoms with E-state index in [1.54, 1.807) is 0 Å². The molecule has 0 saturated carbocycles. The van der Waals surface area contributed by atoms with Crippen molar-refractivity contribution in [2.45, 2.75) is 51.8 Å². The normalized spacial score (nSPS) is 23.4. The Morgan fingerprint density at radius 3 is 2.70 bits per heavy atom. The predicted octanol–water partition coefficient (Wildman–Crippen LogP) is 3.11. The number of allylic oxidation sites excluding steroid dienone is 2. The van der Waals surface area contributed by atoms with E-state index in [0.29, 0.717) is 6.42 Å². The molecule has 144 valence electrons. The molecular formula is C22H29N3O2. The number of hydrogen-bond acceptors (Lipinski definition) is 4. The van der Waals surface area contributed by atoms with Crippen LogP contribution in [0.2, 0.25) is 0 Å². The fourth-order valence-corrected chi connectivity index (χ4v) is 4.35. The first-order valence-electron chi connectivity index (χ1n) is 9.99. The van der Waals surface area contributed by atoms with Crippen LogP contribution in [0.1, 0.15) is 49.3 Å². The molecule has 2 N–H and O–H groups in total. The van der Waals surface area contributed by atoms with Gasteiger partial charge in [-0.2, -0.15) is 0 Å². The van der Waals surface area contributed by atoms with Crippen molar-refractivity contribution in [3.63, 3.8) is 0 Å². The minimum atomic E-state index is -0.557. The smallest absolute Gasteiger partial charge is 0.224 e. The number of amides is 1. The van der Waals surface area contributed by atoms with Crippen molar-refractivity contribution in [3.8, 4) is 0 Å². The second-order valence-electron chi connectivity index (χ2n) is 8.07. The fourth-order valence-electron chi connectivity index (χ4n) is 4.35. The van der Waals surface area contributed by atoms with Gasteiger partial charge in [-0.15, -0.1) is 0 Å². The number of rotatable bonds is 3. The van der Waals surface area contributed by atoms with E-state index in [-0.39, 0.29) is 5.91 Å². The zero-order valence-corrected chi connectivity index (χ0v) is 16.3. The van der Waals surface area contributed by atoms with Gasteiger partial charge in [-0.3, -0.25) is 9.69 Å². The standard InChI is InChI=1S/C22H29N3O2/c1-15-10-18(13-24(2)22(15)27)17-11-16-6-7-20(26)23-21(16)19(12-17)14-25-8-4-3-5-9-25/h10-13,22,27H,3-9,14H2,1-2H3,(H,23,26). The molecule has 3 aliphatic rings. The first-order valence-corrected chi connectivity index (χ1v) is 9.99. The van der Waals surface area contributed by atoms with Gasteiger partial charge in [-0.05, 0) is 85.3 Å². The number of fused-ring (bicyclic) bond motifs is 1. The highest BCUT2D eigenvalue weighted by Gasteiger charge is 2.23. The Hall–Kier alpha value is -2.11. The Bertz CT molecular complexity index is 806. The number of nitrogens with one attached hydrogen (secondary N) is 1. The van der Waals surface area contributed by atoms with Gasteiger partial charge in [0.1, 0.15) is 6.23 Å². The van der Waals surface area contributed by atoms with Crippen LogP contribution in [0.3, 0.4) is 0 Å².